The summed E-state index contributed by atoms with van der Waals surface area (Å²) in [6, 6.07) is 5.22. The quantitative estimate of drug-likeness (QED) is 0.834. The van der Waals surface area contributed by atoms with Crippen molar-refractivity contribution in [1.29, 1.82) is 0 Å². The Hall–Kier alpha value is -3.09. The Morgan fingerprint density at radius 3 is 2.62 bits per heavy atom. The lowest BCUT2D eigenvalue weighted by molar-refractivity contribution is -0.136. The molecule has 0 saturated carbocycles. The van der Waals surface area contributed by atoms with Gasteiger partial charge in [-0.05, 0) is 25.5 Å². The van der Waals surface area contributed by atoms with Gasteiger partial charge in [0.1, 0.15) is 5.52 Å². The zero-order valence-corrected chi connectivity index (χ0v) is 13.4. The molecule has 1 unspecified atom stereocenters. The molecule has 0 radical (unpaired) electrons. The Morgan fingerprint density at radius 2 is 1.96 bits per heavy atom. The normalized spacial score (nSPS) is 17.9. The summed E-state index contributed by atoms with van der Waals surface area (Å²) >= 11 is 0. The zero-order valence-electron chi connectivity index (χ0n) is 13.4. The van der Waals surface area contributed by atoms with Crippen molar-refractivity contribution in [3.8, 4) is 0 Å². The molecular weight excluding hydrogens is 312 g/mol. The van der Waals surface area contributed by atoms with Crippen LogP contribution < -0.4 is 5.32 Å². The molecule has 24 heavy (non-hydrogen) atoms. The molecule has 2 N–H and O–H groups in total. The summed E-state index contributed by atoms with van der Waals surface area (Å²) in [6.07, 6.45) is 1.29. The van der Waals surface area contributed by atoms with Crippen LogP contribution in [0.4, 0.5) is 0 Å². The first-order valence-electron chi connectivity index (χ1n) is 7.28. The highest BCUT2D eigenvalue weighted by atomic mass is 16.5. The molecule has 1 aromatic carbocycles. The molecule has 0 fully saturated rings. The summed E-state index contributed by atoms with van der Waals surface area (Å²) in [7, 11) is 1.27. The first-order valence-corrected chi connectivity index (χ1v) is 7.28. The predicted molar refractivity (Wildman–Crippen MR) is 84.9 cm³/mol. The topological polar surface area (TPSA) is 102 Å². The van der Waals surface area contributed by atoms with E-state index in [1.807, 2.05) is 0 Å². The number of benzene rings is 1. The van der Waals surface area contributed by atoms with Crippen molar-refractivity contribution in [3.05, 3.63) is 52.7 Å². The van der Waals surface area contributed by atoms with Gasteiger partial charge in [-0.1, -0.05) is 12.1 Å². The molecule has 7 nitrogen and oxygen atoms in total. The molecule has 0 bridgehead atoms. The summed E-state index contributed by atoms with van der Waals surface area (Å²) in [6.45, 7) is 3.38. The fraction of sp³-hybridized carbons (Fsp3) is 0.235. The van der Waals surface area contributed by atoms with Crippen LogP contribution in [0.2, 0.25) is 0 Å². The Balaban J connectivity index is 2.32. The maximum Gasteiger partial charge on any atom is 0.336 e. The molecule has 2 heterocycles. The Kier molecular flexibility index (Phi) is 3.84. The minimum absolute atomic E-state index is 0.0801. The van der Waals surface area contributed by atoms with E-state index < -0.39 is 17.9 Å². The van der Waals surface area contributed by atoms with E-state index >= 15 is 0 Å². The van der Waals surface area contributed by atoms with Crippen molar-refractivity contribution in [2.45, 2.75) is 19.8 Å². The number of oxazole rings is 1. The fourth-order valence-corrected chi connectivity index (χ4v) is 3.11. The average molecular weight is 328 g/mol. The number of esters is 1. The third-order valence-corrected chi connectivity index (χ3v) is 4.10. The number of carboxylic acids is 1. The molecule has 0 spiro atoms. The smallest absolute Gasteiger partial charge is 0.336 e. The first kappa shape index (κ1) is 15.8. The number of fused-ring (bicyclic) bond motifs is 1. The van der Waals surface area contributed by atoms with Crippen LogP contribution in [0.5, 0.6) is 0 Å². The van der Waals surface area contributed by atoms with Gasteiger partial charge in [0.2, 0.25) is 0 Å². The average Bonchev–Trinajstić information content (AvgIpc) is 3.01. The molecule has 1 aliphatic rings. The number of ether oxygens (including phenoxy) is 1. The van der Waals surface area contributed by atoms with Crippen LogP contribution in [0, 0.1) is 0 Å². The lowest BCUT2D eigenvalue weighted by atomic mass is 9.80. The van der Waals surface area contributed by atoms with Gasteiger partial charge in [-0.3, -0.25) is 0 Å². The maximum absolute atomic E-state index is 12.3. The van der Waals surface area contributed by atoms with Gasteiger partial charge in [0.15, 0.2) is 12.0 Å². The number of aliphatic carboxylic acids is 1. The summed E-state index contributed by atoms with van der Waals surface area (Å²) in [5.41, 5.74) is 2.97. The van der Waals surface area contributed by atoms with Crippen molar-refractivity contribution in [2.75, 3.05) is 7.11 Å². The standard InChI is InChI=1S/C17H16N2O5/c1-8-12(16(20)21)14(13(9(2)19-8)17(22)23-3)10-5-4-6-11-15(10)18-7-24-11/h4-7,14,19H,1-3H3,(H,20,21). The van der Waals surface area contributed by atoms with Gasteiger partial charge < -0.3 is 19.6 Å². The van der Waals surface area contributed by atoms with Gasteiger partial charge >= 0.3 is 11.9 Å². The SMILES string of the molecule is COC(=O)C1=C(C)NC(C)=C(C(=O)O)C1c1cccc2ocnc12. The number of rotatable bonds is 3. The minimum atomic E-state index is -1.11. The number of hydrogen-bond donors (Lipinski definition) is 2. The number of allylic oxidation sites excluding steroid dienone is 2. The fourth-order valence-electron chi connectivity index (χ4n) is 3.11. The number of carboxylic acid groups (broad SMARTS) is 1. The van der Waals surface area contributed by atoms with E-state index in [-0.39, 0.29) is 11.1 Å². The summed E-state index contributed by atoms with van der Waals surface area (Å²) < 4.78 is 10.2. The van der Waals surface area contributed by atoms with Crippen LogP contribution in [0.3, 0.4) is 0 Å². The number of dihydropyridines is 1. The van der Waals surface area contributed by atoms with Gasteiger partial charge in [-0.15, -0.1) is 0 Å². The van der Waals surface area contributed by atoms with Gasteiger partial charge in [-0.2, -0.15) is 0 Å². The van der Waals surface area contributed by atoms with Crippen molar-refractivity contribution < 1.29 is 23.8 Å². The highest BCUT2D eigenvalue weighted by Gasteiger charge is 2.38. The van der Waals surface area contributed by atoms with Gasteiger partial charge in [-0.25, -0.2) is 14.6 Å². The van der Waals surface area contributed by atoms with Crippen LogP contribution in [0.1, 0.15) is 25.3 Å². The lowest BCUT2D eigenvalue weighted by Crippen LogP contribution is -2.31. The second kappa shape index (κ2) is 5.84. The second-order valence-electron chi connectivity index (χ2n) is 5.48. The molecule has 0 saturated heterocycles. The molecule has 7 heteroatoms. The number of nitrogens with one attached hydrogen (secondary N) is 1. The summed E-state index contributed by atoms with van der Waals surface area (Å²) in [5, 5.41) is 12.7. The Bertz CT molecular complexity index is 907. The molecule has 0 amide bonds. The van der Waals surface area contributed by atoms with E-state index in [0.29, 0.717) is 28.1 Å². The minimum Gasteiger partial charge on any atom is -0.478 e. The molecule has 0 aliphatic carbocycles. The molecule has 1 aliphatic heterocycles. The van der Waals surface area contributed by atoms with E-state index in [1.165, 1.54) is 13.5 Å². The number of nitrogens with zero attached hydrogens (tertiary/aromatic N) is 1. The van der Waals surface area contributed by atoms with E-state index in [1.54, 1.807) is 32.0 Å². The number of carbonyl (C=O) groups is 2. The molecule has 1 aromatic heterocycles. The highest BCUT2D eigenvalue weighted by molar-refractivity contribution is 6.00. The van der Waals surface area contributed by atoms with Crippen molar-refractivity contribution in [1.82, 2.24) is 10.3 Å². The van der Waals surface area contributed by atoms with Crippen LogP contribution in [0.15, 0.2) is 51.6 Å². The van der Waals surface area contributed by atoms with Crippen molar-refractivity contribution in [3.63, 3.8) is 0 Å². The summed E-state index contributed by atoms with van der Waals surface area (Å²) in [4.78, 5) is 28.4. The molecular formula is C17H16N2O5. The zero-order chi connectivity index (χ0) is 17.4. The van der Waals surface area contributed by atoms with Gasteiger partial charge in [0, 0.05) is 11.4 Å². The molecule has 124 valence electrons. The third-order valence-electron chi connectivity index (χ3n) is 4.10. The monoisotopic (exact) mass is 328 g/mol. The lowest BCUT2D eigenvalue weighted by Gasteiger charge is -2.29. The number of methoxy groups -OCH3 is 1. The van der Waals surface area contributed by atoms with E-state index in [9.17, 15) is 14.7 Å². The van der Waals surface area contributed by atoms with E-state index in [4.69, 9.17) is 9.15 Å². The molecule has 2 aromatic rings. The number of hydrogen-bond acceptors (Lipinski definition) is 6. The third kappa shape index (κ3) is 2.34. The molecule has 3 rings (SSSR count). The second-order valence-corrected chi connectivity index (χ2v) is 5.48. The maximum atomic E-state index is 12.3. The Labute approximate surface area is 137 Å². The van der Waals surface area contributed by atoms with Gasteiger partial charge in [0.05, 0.1) is 24.2 Å². The number of aromatic nitrogens is 1. The first-order chi connectivity index (χ1) is 11.5. The van der Waals surface area contributed by atoms with E-state index in [0.717, 1.165) is 0 Å². The van der Waals surface area contributed by atoms with Crippen molar-refractivity contribution >= 4 is 23.0 Å². The van der Waals surface area contributed by atoms with Crippen LogP contribution in [-0.2, 0) is 14.3 Å². The molecule has 1 atom stereocenters. The predicted octanol–water partition coefficient (Wildman–Crippen LogP) is 2.32. The largest absolute Gasteiger partial charge is 0.478 e. The van der Waals surface area contributed by atoms with Gasteiger partial charge in [0.25, 0.3) is 0 Å². The van der Waals surface area contributed by atoms with Crippen LogP contribution >= 0.6 is 0 Å². The number of carbonyl (C=O) groups excluding carboxylic acids is 1. The van der Waals surface area contributed by atoms with Crippen LogP contribution in [0.25, 0.3) is 11.1 Å². The Morgan fingerprint density at radius 1 is 1.25 bits per heavy atom. The van der Waals surface area contributed by atoms with E-state index in [2.05, 4.69) is 10.3 Å². The summed E-state index contributed by atoms with van der Waals surface area (Å²) in [5.74, 6) is -2.50. The van der Waals surface area contributed by atoms with Crippen molar-refractivity contribution in [2.24, 2.45) is 0 Å². The highest BCUT2D eigenvalue weighted by Crippen LogP contribution is 2.40. The number of para-hydroxylation sites is 1. The van der Waals surface area contributed by atoms with Crippen LogP contribution in [-0.4, -0.2) is 29.1 Å².